The van der Waals surface area contributed by atoms with Crippen LogP contribution in [0.2, 0.25) is 0 Å². The molecule has 0 unspecified atom stereocenters. The Morgan fingerprint density at radius 1 is 0.444 bits per heavy atom. The van der Waals surface area contributed by atoms with Crippen molar-refractivity contribution in [1.82, 2.24) is 4.98 Å². The van der Waals surface area contributed by atoms with E-state index in [9.17, 15) is 4.39 Å². The quantitative estimate of drug-likeness (QED) is 0.153. The normalized spacial score (nSPS) is 11.9. The zero-order valence-electron chi connectivity index (χ0n) is 33.9. The summed E-state index contributed by atoms with van der Waals surface area (Å²) in [5, 5.41) is 4.48. The largest absolute Gasteiger partial charge is 0.454 e. The van der Waals surface area contributed by atoms with Gasteiger partial charge in [0.1, 0.15) is 17.2 Å². The van der Waals surface area contributed by atoms with Crippen molar-refractivity contribution in [3.05, 3.63) is 230 Å². The summed E-state index contributed by atoms with van der Waals surface area (Å²) in [6, 6.07) is 74.4. The Labute approximate surface area is 363 Å². The summed E-state index contributed by atoms with van der Waals surface area (Å²) in [6.07, 6.45) is 1.94. The second-order valence-corrected chi connectivity index (χ2v) is 15.7. The van der Waals surface area contributed by atoms with Gasteiger partial charge in [-0.25, -0.2) is 9.37 Å². The second-order valence-electron chi connectivity index (χ2n) is 15.7. The van der Waals surface area contributed by atoms with E-state index in [0.717, 1.165) is 95.3 Å². The van der Waals surface area contributed by atoms with Crippen molar-refractivity contribution in [2.75, 3.05) is 14.7 Å². The van der Waals surface area contributed by atoms with Gasteiger partial charge in [0.2, 0.25) is 0 Å². The van der Waals surface area contributed by atoms with Crippen molar-refractivity contribution in [3.63, 3.8) is 0 Å². The van der Waals surface area contributed by atoms with Gasteiger partial charge in [0.05, 0.1) is 17.1 Å². The smallest absolute Gasteiger partial charge is 0.159 e. The Hall–Kier alpha value is -8.48. The first-order chi connectivity index (χ1) is 31.2. The molecule has 1 aliphatic rings. The highest BCUT2D eigenvalue weighted by Gasteiger charge is 2.29. The minimum atomic E-state index is -0.280. The highest BCUT2D eigenvalue weighted by molar-refractivity contribution is 6.18. The molecule has 63 heavy (non-hydrogen) atoms. The summed E-state index contributed by atoms with van der Waals surface area (Å²) < 4.78 is 20.7. The predicted octanol–water partition coefficient (Wildman–Crippen LogP) is 16.3. The van der Waals surface area contributed by atoms with Gasteiger partial charge in [-0.15, -0.1) is 0 Å². The Balaban J connectivity index is 1.01. The fraction of sp³-hybridized carbons (Fsp3) is 0. The molecule has 0 amide bonds. The molecule has 0 saturated carbocycles. The average Bonchev–Trinajstić information content (AvgIpc) is 3.73. The molecule has 0 fully saturated rings. The van der Waals surface area contributed by atoms with Crippen molar-refractivity contribution in [2.45, 2.75) is 0 Å². The number of para-hydroxylation sites is 5. The Morgan fingerprint density at radius 2 is 1.06 bits per heavy atom. The van der Waals surface area contributed by atoms with Crippen molar-refractivity contribution in [3.8, 4) is 22.3 Å². The number of furan rings is 1. The van der Waals surface area contributed by atoms with Crippen molar-refractivity contribution >= 4 is 84.0 Å². The zero-order chi connectivity index (χ0) is 41.9. The summed E-state index contributed by atoms with van der Waals surface area (Å²) in [5.41, 5.74) is 14.1. The fourth-order valence-electron chi connectivity index (χ4n) is 9.28. The third-order valence-electron chi connectivity index (χ3n) is 12.1. The van der Waals surface area contributed by atoms with Crippen molar-refractivity contribution in [2.24, 2.45) is 0 Å². The van der Waals surface area contributed by atoms with Crippen LogP contribution in [0.4, 0.5) is 55.7 Å². The maximum Gasteiger partial charge on any atom is 0.159 e. The van der Waals surface area contributed by atoms with E-state index in [2.05, 4.69) is 155 Å². The van der Waals surface area contributed by atoms with Gasteiger partial charge in [-0.2, -0.15) is 0 Å². The van der Waals surface area contributed by atoms with Gasteiger partial charge < -0.3 is 14.2 Å². The number of benzene rings is 9. The minimum absolute atomic E-state index is 0.280. The van der Waals surface area contributed by atoms with Crippen LogP contribution >= 0.6 is 0 Å². The van der Waals surface area contributed by atoms with E-state index in [1.54, 1.807) is 12.1 Å². The minimum Gasteiger partial charge on any atom is -0.454 e. The van der Waals surface area contributed by atoms with Crippen molar-refractivity contribution in [1.29, 1.82) is 0 Å². The van der Waals surface area contributed by atoms with Crippen LogP contribution in [0.5, 0.6) is 0 Å². The molecule has 6 heteroatoms. The Kier molecular flexibility index (Phi) is 8.61. The summed E-state index contributed by atoms with van der Waals surface area (Å²) in [4.78, 5) is 11.8. The second kappa shape index (κ2) is 14.9. The van der Waals surface area contributed by atoms with E-state index < -0.39 is 0 Å². The summed E-state index contributed by atoms with van der Waals surface area (Å²) in [7, 11) is 0. The lowest BCUT2D eigenvalue weighted by Crippen LogP contribution is -2.17. The van der Waals surface area contributed by atoms with E-state index in [1.807, 2.05) is 59.6 Å². The van der Waals surface area contributed by atoms with Crippen LogP contribution in [0.15, 0.2) is 229 Å². The van der Waals surface area contributed by atoms with Crippen LogP contribution < -0.4 is 14.7 Å². The topological polar surface area (TPSA) is 35.8 Å². The highest BCUT2D eigenvalue weighted by atomic mass is 19.1. The van der Waals surface area contributed by atoms with Crippen LogP contribution in [-0.2, 0) is 0 Å². The number of fused-ring (bicyclic) bond motifs is 5. The van der Waals surface area contributed by atoms with Gasteiger partial charge in [-0.3, -0.25) is 4.90 Å². The van der Waals surface area contributed by atoms with Crippen molar-refractivity contribution < 1.29 is 8.81 Å². The molecule has 2 aromatic heterocycles. The molecule has 3 heterocycles. The number of nitrogens with zero attached hydrogens (tertiary/aromatic N) is 4. The molecule has 0 bridgehead atoms. The monoisotopic (exact) mass is 812 g/mol. The molecule has 0 atom stereocenters. The highest BCUT2D eigenvalue weighted by Crippen LogP contribution is 2.54. The fourth-order valence-corrected chi connectivity index (χ4v) is 9.28. The molecule has 0 N–H and O–H groups in total. The number of hydrogen-bond donors (Lipinski definition) is 0. The third-order valence-corrected chi connectivity index (χ3v) is 12.1. The molecule has 0 spiro atoms. The lowest BCUT2D eigenvalue weighted by atomic mass is 9.87. The van der Waals surface area contributed by atoms with Crippen LogP contribution in [0.3, 0.4) is 0 Å². The Morgan fingerprint density at radius 3 is 1.83 bits per heavy atom. The first kappa shape index (κ1) is 36.4. The molecule has 0 aliphatic carbocycles. The molecular formula is C57H37FN4O. The van der Waals surface area contributed by atoms with Gasteiger partial charge in [0, 0.05) is 61.9 Å². The summed E-state index contributed by atoms with van der Waals surface area (Å²) in [6.45, 7) is 0. The molecule has 0 radical (unpaired) electrons. The molecule has 298 valence electrons. The lowest BCUT2D eigenvalue weighted by Gasteiger charge is -2.35. The molecular weight excluding hydrogens is 776 g/mol. The number of pyridine rings is 1. The maximum absolute atomic E-state index is 14.0. The van der Waals surface area contributed by atoms with E-state index in [0.29, 0.717) is 0 Å². The van der Waals surface area contributed by atoms with E-state index in [-0.39, 0.29) is 5.82 Å². The molecule has 11 aromatic rings. The first-order valence-corrected chi connectivity index (χ1v) is 21.1. The Bertz CT molecular complexity index is 3460. The molecule has 0 saturated heterocycles. The molecule has 9 aromatic carbocycles. The average molecular weight is 813 g/mol. The summed E-state index contributed by atoms with van der Waals surface area (Å²) in [5.74, 6) is 0.457. The van der Waals surface area contributed by atoms with Crippen LogP contribution in [0.1, 0.15) is 0 Å². The zero-order valence-corrected chi connectivity index (χ0v) is 33.9. The molecule has 12 rings (SSSR count). The first-order valence-electron chi connectivity index (χ1n) is 21.1. The standard InChI is InChI=1S/C57H37FN4O/c58-39-27-29-43(30-28-39)61(41-16-6-2-7-17-41)55-35-26-38(37-59-55)45-33-34-49-46-32-31-44(36-53(46)62(42-18-8-3-9-19-42)51-23-12-21-48(45)56(49)51)60(40-14-4-1-5-15-40)52-24-13-22-50-47-20-10-11-25-54(47)63-57(50)52/h1-37H. The van der Waals surface area contributed by atoms with Crippen LogP contribution in [-0.4, -0.2) is 4.98 Å². The number of anilines is 9. The van der Waals surface area contributed by atoms with Crippen LogP contribution in [0.25, 0.3) is 55.0 Å². The number of aromatic nitrogens is 1. The predicted molar refractivity (Wildman–Crippen MR) is 257 cm³/mol. The van der Waals surface area contributed by atoms with Crippen LogP contribution in [0, 0.1) is 5.82 Å². The molecule has 5 nitrogen and oxygen atoms in total. The van der Waals surface area contributed by atoms with Gasteiger partial charge in [0.25, 0.3) is 0 Å². The van der Waals surface area contributed by atoms with Gasteiger partial charge >= 0.3 is 0 Å². The number of halogens is 1. The lowest BCUT2D eigenvalue weighted by molar-refractivity contribution is 0.628. The van der Waals surface area contributed by atoms with Gasteiger partial charge in [-0.1, -0.05) is 115 Å². The van der Waals surface area contributed by atoms with Gasteiger partial charge in [-0.05, 0) is 120 Å². The molecule has 1 aliphatic heterocycles. The maximum atomic E-state index is 14.0. The van der Waals surface area contributed by atoms with Gasteiger partial charge in [0.15, 0.2) is 5.58 Å². The SMILES string of the molecule is Fc1ccc(N(c2ccccc2)c2ccc(-c3ccc4c5c(cccc35)N(c3ccccc3)c3cc(N(c5ccccc5)c5cccc6c5oc5ccccc56)ccc3-4)cn2)cc1. The number of hydrogen-bond acceptors (Lipinski definition) is 5. The van der Waals surface area contributed by atoms with E-state index >= 15 is 0 Å². The van der Waals surface area contributed by atoms with E-state index in [1.165, 1.54) is 23.1 Å². The summed E-state index contributed by atoms with van der Waals surface area (Å²) >= 11 is 0. The third kappa shape index (κ3) is 6.11. The number of rotatable bonds is 8. The van der Waals surface area contributed by atoms with E-state index in [4.69, 9.17) is 9.40 Å².